The van der Waals surface area contributed by atoms with E-state index in [1.807, 2.05) is 68.4 Å². The molecule has 202 valence electrons. The van der Waals surface area contributed by atoms with Gasteiger partial charge in [-0.2, -0.15) is 5.26 Å². The lowest BCUT2D eigenvalue weighted by Gasteiger charge is -2.14. The number of carbonyl (C=O) groups is 1. The number of nitriles is 1. The van der Waals surface area contributed by atoms with Crippen LogP contribution in [0.5, 0.6) is 17.2 Å². The topological polar surface area (TPSA) is 80.6 Å². The Bertz CT molecular complexity index is 1540. The highest BCUT2D eigenvalue weighted by molar-refractivity contribution is 9.10. The summed E-state index contributed by atoms with van der Waals surface area (Å²) in [5.74, 6) is 1.17. The Morgan fingerprint density at radius 3 is 2.00 bits per heavy atom. The van der Waals surface area contributed by atoms with Gasteiger partial charge in [0.15, 0.2) is 11.5 Å². The lowest BCUT2D eigenvalue weighted by molar-refractivity contribution is -0.112. The lowest BCUT2D eigenvalue weighted by atomic mass is 10.1. The van der Waals surface area contributed by atoms with Gasteiger partial charge in [0, 0.05) is 5.69 Å². The van der Waals surface area contributed by atoms with E-state index in [1.54, 1.807) is 43.5 Å². The molecular weight excluding hydrogens is 568 g/mol. The number of anilines is 1. The minimum absolute atomic E-state index is 0.0537. The number of aryl methyl sites for hydroxylation is 2. The molecule has 6 nitrogen and oxygen atoms in total. The summed E-state index contributed by atoms with van der Waals surface area (Å²) in [5, 5.41) is 12.5. The molecule has 0 saturated carbocycles. The zero-order valence-electron chi connectivity index (χ0n) is 22.5. The second-order valence-corrected chi connectivity index (χ2v) is 10.1. The fourth-order valence-electron chi connectivity index (χ4n) is 3.80. The maximum absolute atomic E-state index is 12.9. The van der Waals surface area contributed by atoms with Crippen molar-refractivity contribution in [3.8, 4) is 23.3 Å². The Balaban J connectivity index is 1.41. The van der Waals surface area contributed by atoms with E-state index in [0.29, 0.717) is 46.2 Å². The fourth-order valence-corrected chi connectivity index (χ4v) is 4.38. The van der Waals surface area contributed by atoms with E-state index in [-0.39, 0.29) is 5.57 Å². The zero-order chi connectivity index (χ0) is 28.5. The van der Waals surface area contributed by atoms with Gasteiger partial charge < -0.3 is 19.5 Å². The maximum Gasteiger partial charge on any atom is 0.266 e. The van der Waals surface area contributed by atoms with Crippen molar-refractivity contribution < 1.29 is 19.0 Å². The van der Waals surface area contributed by atoms with Crippen LogP contribution in [0.4, 0.5) is 5.69 Å². The molecule has 40 heavy (non-hydrogen) atoms. The van der Waals surface area contributed by atoms with Crippen molar-refractivity contribution in [3.63, 3.8) is 0 Å². The Morgan fingerprint density at radius 1 is 0.875 bits per heavy atom. The van der Waals surface area contributed by atoms with Crippen LogP contribution in [0.2, 0.25) is 0 Å². The van der Waals surface area contributed by atoms with E-state index in [0.717, 1.165) is 11.1 Å². The number of carbonyl (C=O) groups excluding carboxylic acids is 1. The summed E-state index contributed by atoms with van der Waals surface area (Å²) < 4.78 is 18.0. The molecule has 4 aromatic rings. The average Bonchev–Trinajstić information content (AvgIpc) is 2.96. The number of benzene rings is 4. The molecule has 0 saturated heterocycles. The summed E-state index contributed by atoms with van der Waals surface area (Å²) in [6, 6.07) is 28.7. The molecule has 0 aliphatic carbocycles. The summed E-state index contributed by atoms with van der Waals surface area (Å²) in [7, 11) is 1.54. The smallest absolute Gasteiger partial charge is 0.266 e. The second kappa shape index (κ2) is 13.5. The number of nitrogens with zero attached hydrogens (tertiary/aromatic N) is 1. The molecular formula is C33H29BrN2O4. The van der Waals surface area contributed by atoms with Crippen LogP contribution < -0.4 is 19.5 Å². The molecule has 0 spiro atoms. The van der Waals surface area contributed by atoms with Gasteiger partial charge in [-0.15, -0.1) is 0 Å². The molecule has 0 heterocycles. The monoisotopic (exact) mass is 596 g/mol. The first-order valence-electron chi connectivity index (χ1n) is 12.6. The highest BCUT2D eigenvalue weighted by atomic mass is 79.9. The number of rotatable bonds is 10. The van der Waals surface area contributed by atoms with Gasteiger partial charge in [-0.25, -0.2) is 0 Å². The molecule has 0 atom stereocenters. The molecule has 0 aliphatic rings. The molecule has 1 amide bonds. The number of amides is 1. The number of methoxy groups -OCH3 is 1. The average molecular weight is 598 g/mol. The Morgan fingerprint density at radius 2 is 1.45 bits per heavy atom. The molecule has 0 fully saturated rings. The number of halogens is 1. The molecule has 0 unspecified atom stereocenters. The second-order valence-electron chi connectivity index (χ2n) is 9.23. The highest BCUT2D eigenvalue weighted by Gasteiger charge is 2.14. The van der Waals surface area contributed by atoms with Gasteiger partial charge in [0.05, 0.1) is 11.6 Å². The van der Waals surface area contributed by atoms with Crippen LogP contribution in [0.3, 0.4) is 0 Å². The summed E-state index contributed by atoms with van der Waals surface area (Å²) in [6.07, 6.45) is 1.51. The summed E-state index contributed by atoms with van der Waals surface area (Å²) in [4.78, 5) is 12.9. The largest absolute Gasteiger partial charge is 0.493 e. The SMILES string of the molecule is COc1cc(/C=C(\C#N)C(=O)Nc2ccc(OCc3ccc(C)cc3)cc2)cc(Br)c1OCc1ccc(C)cc1. The Hall–Kier alpha value is -4.54. The maximum atomic E-state index is 12.9. The van der Waals surface area contributed by atoms with Crippen LogP contribution in [0, 0.1) is 25.2 Å². The third kappa shape index (κ3) is 7.75. The van der Waals surface area contributed by atoms with Crippen molar-refractivity contribution in [3.05, 3.63) is 123 Å². The Labute approximate surface area is 243 Å². The zero-order valence-corrected chi connectivity index (χ0v) is 24.1. The molecule has 7 heteroatoms. The quantitative estimate of drug-likeness (QED) is 0.149. The van der Waals surface area contributed by atoms with E-state index in [4.69, 9.17) is 14.2 Å². The van der Waals surface area contributed by atoms with Crippen LogP contribution in [0.25, 0.3) is 6.08 Å². The van der Waals surface area contributed by atoms with E-state index in [2.05, 4.69) is 21.2 Å². The molecule has 0 radical (unpaired) electrons. The number of nitrogens with one attached hydrogen (secondary N) is 1. The first-order valence-corrected chi connectivity index (χ1v) is 13.4. The standard InChI is InChI=1S/C33H29BrN2O4/c1-22-4-8-24(9-5-22)20-39-29-14-12-28(13-15-29)36-33(37)27(19-35)16-26-17-30(34)32(31(18-26)38-3)40-21-25-10-6-23(2)7-11-25/h4-18H,20-21H2,1-3H3,(H,36,37)/b27-16+. The van der Waals surface area contributed by atoms with Gasteiger partial charge in [-0.1, -0.05) is 59.7 Å². The fraction of sp³-hybridized carbons (Fsp3) is 0.152. The summed E-state index contributed by atoms with van der Waals surface area (Å²) >= 11 is 3.53. The number of hydrogen-bond donors (Lipinski definition) is 1. The van der Waals surface area contributed by atoms with Gasteiger partial charge >= 0.3 is 0 Å². The van der Waals surface area contributed by atoms with Gasteiger partial charge in [-0.3, -0.25) is 4.79 Å². The minimum atomic E-state index is -0.523. The third-order valence-electron chi connectivity index (χ3n) is 6.07. The van der Waals surface area contributed by atoms with E-state index in [9.17, 15) is 10.1 Å². The van der Waals surface area contributed by atoms with Gasteiger partial charge in [0.2, 0.25) is 0 Å². The molecule has 4 aromatic carbocycles. The van der Waals surface area contributed by atoms with Crippen molar-refractivity contribution in [1.29, 1.82) is 5.26 Å². The minimum Gasteiger partial charge on any atom is -0.493 e. The van der Waals surface area contributed by atoms with Crippen molar-refractivity contribution in [2.75, 3.05) is 12.4 Å². The lowest BCUT2D eigenvalue weighted by Crippen LogP contribution is -2.13. The number of ether oxygens (including phenoxy) is 3. The molecule has 1 N–H and O–H groups in total. The van der Waals surface area contributed by atoms with Crippen molar-refractivity contribution >= 4 is 33.6 Å². The molecule has 0 aliphatic heterocycles. The van der Waals surface area contributed by atoms with Crippen LogP contribution in [0.15, 0.2) is 95.0 Å². The molecule has 4 rings (SSSR count). The third-order valence-corrected chi connectivity index (χ3v) is 6.66. The first kappa shape index (κ1) is 28.5. The van der Waals surface area contributed by atoms with Crippen LogP contribution in [0.1, 0.15) is 27.8 Å². The van der Waals surface area contributed by atoms with E-state index >= 15 is 0 Å². The molecule has 0 aromatic heterocycles. The first-order chi connectivity index (χ1) is 19.3. The Kier molecular flexibility index (Phi) is 9.61. The predicted octanol–water partition coefficient (Wildman–Crippen LogP) is 7.78. The van der Waals surface area contributed by atoms with Crippen molar-refractivity contribution in [2.24, 2.45) is 0 Å². The predicted molar refractivity (Wildman–Crippen MR) is 160 cm³/mol. The van der Waals surface area contributed by atoms with Gasteiger partial charge in [0.25, 0.3) is 5.91 Å². The van der Waals surface area contributed by atoms with Crippen molar-refractivity contribution in [2.45, 2.75) is 27.1 Å². The van der Waals surface area contributed by atoms with E-state index in [1.165, 1.54) is 17.2 Å². The summed E-state index contributed by atoms with van der Waals surface area (Å²) in [5.41, 5.74) is 5.57. The molecule has 0 bridgehead atoms. The normalized spacial score (nSPS) is 10.9. The van der Waals surface area contributed by atoms with Crippen LogP contribution in [-0.4, -0.2) is 13.0 Å². The highest BCUT2D eigenvalue weighted by Crippen LogP contribution is 2.38. The summed E-state index contributed by atoms with van der Waals surface area (Å²) in [6.45, 7) is 4.89. The van der Waals surface area contributed by atoms with Crippen LogP contribution in [-0.2, 0) is 18.0 Å². The van der Waals surface area contributed by atoms with Gasteiger partial charge in [-0.05, 0) is 88.9 Å². The van der Waals surface area contributed by atoms with Crippen LogP contribution >= 0.6 is 15.9 Å². The number of hydrogen-bond acceptors (Lipinski definition) is 5. The van der Waals surface area contributed by atoms with Gasteiger partial charge in [0.1, 0.15) is 30.6 Å². The van der Waals surface area contributed by atoms with E-state index < -0.39 is 5.91 Å². The van der Waals surface area contributed by atoms with Crippen molar-refractivity contribution in [1.82, 2.24) is 0 Å².